The highest BCUT2D eigenvalue weighted by atomic mass is 32.2. The first-order valence-corrected chi connectivity index (χ1v) is 6.21. The summed E-state index contributed by atoms with van der Waals surface area (Å²) in [7, 11) is 0. The topological polar surface area (TPSA) is 48.8 Å². The third-order valence-electron chi connectivity index (χ3n) is 2.33. The van der Waals surface area contributed by atoms with Gasteiger partial charge in [-0.3, -0.25) is 0 Å². The zero-order chi connectivity index (χ0) is 12.6. The lowest BCUT2D eigenvalue weighted by molar-refractivity contribution is 1.63. The Bertz CT molecular complexity index is 573. The van der Waals surface area contributed by atoms with Gasteiger partial charge in [0.2, 0.25) is 0 Å². The van der Waals surface area contributed by atoms with E-state index in [1.54, 1.807) is 0 Å². The molecule has 0 aromatic heterocycles. The summed E-state index contributed by atoms with van der Waals surface area (Å²) in [5, 5.41) is 0. The number of hydrogen-bond donors (Lipinski definition) is 0. The summed E-state index contributed by atoms with van der Waals surface area (Å²) in [4.78, 5) is 3.72. The molecule has 3 nitrogen and oxygen atoms in total. The van der Waals surface area contributed by atoms with Crippen LogP contribution >= 0.6 is 11.9 Å². The van der Waals surface area contributed by atoms with E-state index in [1.807, 2.05) is 66.7 Å². The minimum atomic E-state index is 0.930. The van der Waals surface area contributed by atoms with Crippen molar-refractivity contribution in [2.75, 3.05) is 0 Å². The molecule has 2 aromatic rings. The van der Waals surface area contributed by atoms with Gasteiger partial charge in [-0.1, -0.05) is 60.7 Å². The molecule has 0 aliphatic rings. The zero-order valence-electron chi connectivity index (χ0n) is 9.60. The van der Waals surface area contributed by atoms with E-state index >= 15 is 0 Å². The van der Waals surface area contributed by atoms with Crippen LogP contribution in [0.4, 0.5) is 0 Å². The highest BCUT2D eigenvalue weighted by Crippen LogP contribution is 2.30. The molecule has 2 aromatic carbocycles. The molecule has 4 heteroatoms. The van der Waals surface area contributed by atoms with E-state index < -0.39 is 0 Å². The van der Waals surface area contributed by atoms with Gasteiger partial charge in [-0.25, -0.2) is 0 Å². The molecule has 0 atom stereocenters. The SMILES string of the molecule is [N-]=[N+]=NSC(=Cc1ccccc1)c1ccccc1. The lowest BCUT2D eigenvalue weighted by Crippen LogP contribution is -1.78. The van der Waals surface area contributed by atoms with Crippen molar-refractivity contribution in [2.24, 2.45) is 4.52 Å². The zero-order valence-corrected chi connectivity index (χ0v) is 10.4. The number of benzene rings is 2. The molecule has 0 heterocycles. The van der Waals surface area contributed by atoms with Gasteiger partial charge in [0.15, 0.2) is 0 Å². The normalized spacial score (nSPS) is 10.8. The summed E-state index contributed by atoms with van der Waals surface area (Å²) >= 11 is 1.14. The molecule has 88 valence electrons. The van der Waals surface area contributed by atoms with Crippen molar-refractivity contribution in [1.29, 1.82) is 0 Å². The second-order valence-corrected chi connectivity index (χ2v) is 4.33. The van der Waals surface area contributed by atoms with E-state index in [2.05, 4.69) is 9.43 Å². The second-order valence-electron chi connectivity index (χ2n) is 3.55. The Kier molecular flexibility index (Phi) is 4.47. The van der Waals surface area contributed by atoms with Crippen LogP contribution in [0, 0.1) is 0 Å². The molecule has 0 saturated carbocycles. The third kappa shape index (κ3) is 3.42. The van der Waals surface area contributed by atoms with E-state index in [4.69, 9.17) is 5.53 Å². The molecule has 0 aliphatic heterocycles. The quantitative estimate of drug-likeness (QED) is 0.244. The van der Waals surface area contributed by atoms with E-state index in [0.29, 0.717) is 0 Å². The lowest BCUT2D eigenvalue weighted by Gasteiger charge is -2.03. The van der Waals surface area contributed by atoms with Crippen LogP contribution < -0.4 is 0 Å². The molecule has 0 radical (unpaired) electrons. The molecule has 0 unspecified atom stereocenters. The Hall–Kier alpha value is -2.16. The number of rotatable bonds is 4. The lowest BCUT2D eigenvalue weighted by atomic mass is 10.1. The number of azide groups is 1. The summed E-state index contributed by atoms with van der Waals surface area (Å²) in [6, 6.07) is 19.8. The first-order valence-electron chi connectivity index (χ1n) is 5.44. The summed E-state index contributed by atoms with van der Waals surface area (Å²) in [5.74, 6) is 0. The first kappa shape index (κ1) is 12.3. The molecule has 2 rings (SSSR count). The predicted octanol–water partition coefficient (Wildman–Crippen LogP) is 5.14. The summed E-state index contributed by atoms with van der Waals surface area (Å²) in [5.41, 5.74) is 10.6. The Morgan fingerprint density at radius 3 is 2.22 bits per heavy atom. The molecule has 0 saturated heterocycles. The highest BCUT2D eigenvalue weighted by molar-refractivity contribution is 8.07. The van der Waals surface area contributed by atoms with Crippen LogP contribution in [0.25, 0.3) is 21.4 Å². The average Bonchev–Trinajstić information content (AvgIpc) is 2.45. The minimum Gasteiger partial charge on any atom is -0.0622 e. The van der Waals surface area contributed by atoms with E-state index in [-0.39, 0.29) is 0 Å². The van der Waals surface area contributed by atoms with Crippen molar-refractivity contribution in [3.05, 3.63) is 82.2 Å². The van der Waals surface area contributed by atoms with Gasteiger partial charge in [0.25, 0.3) is 0 Å². The van der Waals surface area contributed by atoms with Crippen molar-refractivity contribution in [3.8, 4) is 0 Å². The van der Waals surface area contributed by atoms with Gasteiger partial charge in [0.1, 0.15) is 0 Å². The Morgan fingerprint density at radius 1 is 1.00 bits per heavy atom. The van der Waals surface area contributed by atoms with Crippen LogP contribution in [0.15, 0.2) is 65.2 Å². The Balaban J connectivity index is 2.37. The molecule has 0 aliphatic carbocycles. The summed E-state index contributed by atoms with van der Waals surface area (Å²) < 4.78 is 3.57. The maximum atomic E-state index is 8.44. The maximum Gasteiger partial charge on any atom is 0.0223 e. The summed E-state index contributed by atoms with van der Waals surface area (Å²) in [6.07, 6.45) is 2.01. The molecule has 0 bridgehead atoms. The smallest absolute Gasteiger partial charge is 0.0223 e. The van der Waals surface area contributed by atoms with Gasteiger partial charge in [-0.2, -0.15) is 0 Å². The van der Waals surface area contributed by atoms with Crippen LogP contribution in [-0.4, -0.2) is 0 Å². The Labute approximate surface area is 110 Å². The van der Waals surface area contributed by atoms with Crippen molar-refractivity contribution in [2.45, 2.75) is 0 Å². The predicted molar refractivity (Wildman–Crippen MR) is 77.5 cm³/mol. The fraction of sp³-hybridized carbons (Fsp3) is 0. The number of nitrogens with zero attached hydrogens (tertiary/aromatic N) is 3. The van der Waals surface area contributed by atoms with Crippen molar-refractivity contribution in [1.82, 2.24) is 0 Å². The number of hydrogen-bond acceptors (Lipinski definition) is 2. The molecular formula is C14H11N3S. The molecule has 0 amide bonds. The monoisotopic (exact) mass is 253 g/mol. The van der Waals surface area contributed by atoms with Crippen LogP contribution in [0.2, 0.25) is 0 Å². The standard InChI is InChI=1S/C14H11N3S/c15-16-17-18-14(13-9-5-2-6-10-13)11-12-7-3-1-4-8-12/h1-11H. The van der Waals surface area contributed by atoms with Gasteiger partial charge in [0, 0.05) is 9.82 Å². The average molecular weight is 253 g/mol. The largest absolute Gasteiger partial charge is 0.0622 e. The highest BCUT2D eigenvalue weighted by Gasteiger charge is 2.00. The Morgan fingerprint density at radius 2 is 1.61 bits per heavy atom. The van der Waals surface area contributed by atoms with Crippen LogP contribution in [0.3, 0.4) is 0 Å². The second kappa shape index (κ2) is 6.55. The molecule has 0 fully saturated rings. The third-order valence-corrected chi connectivity index (χ3v) is 3.04. The molecular weight excluding hydrogens is 242 g/mol. The van der Waals surface area contributed by atoms with Crippen LogP contribution in [-0.2, 0) is 0 Å². The van der Waals surface area contributed by atoms with Crippen molar-refractivity contribution in [3.63, 3.8) is 0 Å². The summed E-state index contributed by atoms with van der Waals surface area (Å²) in [6.45, 7) is 0. The molecule has 18 heavy (non-hydrogen) atoms. The van der Waals surface area contributed by atoms with Crippen LogP contribution in [0.5, 0.6) is 0 Å². The van der Waals surface area contributed by atoms with Crippen molar-refractivity contribution >= 4 is 22.9 Å². The van der Waals surface area contributed by atoms with E-state index in [9.17, 15) is 0 Å². The van der Waals surface area contributed by atoms with Gasteiger partial charge in [0.05, 0.1) is 0 Å². The fourth-order valence-corrected chi connectivity index (χ4v) is 2.08. The first-order chi connectivity index (χ1) is 8.90. The fourth-order valence-electron chi connectivity index (χ4n) is 1.53. The van der Waals surface area contributed by atoms with Gasteiger partial charge >= 0.3 is 0 Å². The molecule has 0 spiro atoms. The minimum absolute atomic E-state index is 0.930. The van der Waals surface area contributed by atoms with Crippen molar-refractivity contribution < 1.29 is 0 Å². The maximum absolute atomic E-state index is 8.44. The van der Waals surface area contributed by atoms with Gasteiger partial charge in [-0.05, 0) is 39.2 Å². The van der Waals surface area contributed by atoms with E-state index in [0.717, 1.165) is 28.0 Å². The van der Waals surface area contributed by atoms with Gasteiger partial charge in [-0.15, -0.1) is 0 Å². The van der Waals surface area contributed by atoms with E-state index in [1.165, 1.54) is 0 Å². The van der Waals surface area contributed by atoms with Gasteiger partial charge < -0.3 is 0 Å². The van der Waals surface area contributed by atoms with Crippen LogP contribution in [0.1, 0.15) is 11.1 Å². The molecule has 0 N–H and O–H groups in total.